The van der Waals surface area contributed by atoms with Gasteiger partial charge < -0.3 is 15.0 Å². The molecule has 3 rings (SSSR count). The van der Waals surface area contributed by atoms with Gasteiger partial charge >= 0.3 is 6.18 Å². The molecule has 0 aromatic carbocycles. The molecule has 1 aliphatic heterocycles. The Hall–Kier alpha value is -2.27. The van der Waals surface area contributed by atoms with E-state index < -0.39 is 23.0 Å². The van der Waals surface area contributed by atoms with E-state index in [9.17, 15) is 23.5 Å². The standard InChI is InChI=1S/C16H17F3N4O/c1-3-9-6-11-12(21-9)13(23-5-4-15(2,24)8-23)10(7-20)14(22-11)16(17,18)19/h6,21,24H,3-5,8H2,1-2H3/t15-/m0/s1. The molecule has 0 aliphatic carbocycles. The average molecular weight is 338 g/mol. The molecule has 1 atom stereocenters. The fourth-order valence-corrected chi connectivity index (χ4v) is 3.13. The fourth-order valence-electron chi connectivity index (χ4n) is 3.13. The van der Waals surface area contributed by atoms with E-state index in [1.165, 1.54) is 0 Å². The van der Waals surface area contributed by atoms with Gasteiger partial charge in [0.1, 0.15) is 11.6 Å². The van der Waals surface area contributed by atoms with Crippen LogP contribution in [0.3, 0.4) is 0 Å². The smallest absolute Gasteiger partial charge is 0.388 e. The summed E-state index contributed by atoms with van der Waals surface area (Å²) in [7, 11) is 0. The zero-order valence-electron chi connectivity index (χ0n) is 13.3. The monoisotopic (exact) mass is 338 g/mol. The number of nitriles is 1. The van der Waals surface area contributed by atoms with Crippen molar-refractivity contribution in [2.24, 2.45) is 0 Å². The predicted molar refractivity (Wildman–Crippen MR) is 82.6 cm³/mol. The number of β-amino-alcohol motifs (C(OH)–C–C–N with tert-alkyl or cyclic N) is 1. The van der Waals surface area contributed by atoms with Crippen molar-refractivity contribution in [2.75, 3.05) is 18.0 Å². The number of halogens is 3. The molecule has 3 heterocycles. The molecular formula is C16H17F3N4O. The normalized spacial score (nSPS) is 21.5. The Morgan fingerprint density at radius 3 is 2.71 bits per heavy atom. The Bertz CT molecular complexity index is 832. The molecule has 2 N–H and O–H groups in total. The van der Waals surface area contributed by atoms with Gasteiger partial charge in [-0.15, -0.1) is 0 Å². The summed E-state index contributed by atoms with van der Waals surface area (Å²) in [5.41, 5.74) is -1.17. The van der Waals surface area contributed by atoms with E-state index in [1.54, 1.807) is 24.0 Å². The van der Waals surface area contributed by atoms with Gasteiger partial charge in [-0.05, 0) is 25.8 Å². The summed E-state index contributed by atoms with van der Waals surface area (Å²) >= 11 is 0. The molecule has 2 aromatic rings. The first kappa shape index (κ1) is 16.6. The van der Waals surface area contributed by atoms with Crippen LogP contribution < -0.4 is 4.90 Å². The second kappa shape index (κ2) is 5.38. The molecule has 0 amide bonds. The van der Waals surface area contributed by atoms with E-state index in [0.717, 1.165) is 5.69 Å². The summed E-state index contributed by atoms with van der Waals surface area (Å²) in [6, 6.07) is 3.24. The lowest BCUT2D eigenvalue weighted by Crippen LogP contribution is -2.30. The summed E-state index contributed by atoms with van der Waals surface area (Å²) in [6.45, 7) is 4.05. The van der Waals surface area contributed by atoms with E-state index in [-0.39, 0.29) is 17.7 Å². The van der Waals surface area contributed by atoms with Crippen LogP contribution in [0.5, 0.6) is 0 Å². The number of hydrogen-bond donors (Lipinski definition) is 2. The van der Waals surface area contributed by atoms with Crippen molar-refractivity contribution in [3.05, 3.63) is 23.0 Å². The van der Waals surface area contributed by atoms with Gasteiger partial charge in [-0.25, -0.2) is 4.98 Å². The Balaban J connectivity index is 2.31. The first-order valence-corrected chi connectivity index (χ1v) is 7.66. The second-order valence-corrected chi connectivity index (χ2v) is 6.37. The molecule has 2 aromatic heterocycles. The number of nitrogens with zero attached hydrogens (tertiary/aromatic N) is 3. The maximum Gasteiger partial charge on any atom is 0.434 e. The van der Waals surface area contributed by atoms with E-state index in [2.05, 4.69) is 9.97 Å². The van der Waals surface area contributed by atoms with E-state index in [0.29, 0.717) is 24.9 Å². The number of pyridine rings is 1. The number of rotatable bonds is 2. The van der Waals surface area contributed by atoms with Crippen molar-refractivity contribution in [3.63, 3.8) is 0 Å². The van der Waals surface area contributed by atoms with Crippen LogP contribution in [0.15, 0.2) is 6.07 Å². The van der Waals surface area contributed by atoms with Crippen molar-refractivity contribution in [3.8, 4) is 6.07 Å². The lowest BCUT2D eigenvalue weighted by atomic mass is 10.1. The highest BCUT2D eigenvalue weighted by Gasteiger charge is 2.41. The molecule has 0 bridgehead atoms. The largest absolute Gasteiger partial charge is 0.434 e. The predicted octanol–water partition coefficient (Wildman–Crippen LogP) is 2.98. The highest BCUT2D eigenvalue weighted by molar-refractivity contribution is 5.93. The number of aliphatic hydroxyl groups is 1. The van der Waals surface area contributed by atoms with Crippen molar-refractivity contribution < 1.29 is 18.3 Å². The summed E-state index contributed by atoms with van der Waals surface area (Å²) in [6.07, 6.45) is -3.69. The number of H-pyrrole nitrogens is 1. The number of nitrogens with one attached hydrogen (secondary N) is 1. The lowest BCUT2D eigenvalue weighted by molar-refractivity contribution is -0.141. The Labute approximate surface area is 136 Å². The van der Waals surface area contributed by atoms with Gasteiger partial charge in [-0.2, -0.15) is 18.4 Å². The molecule has 128 valence electrons. The number of fused-ring (bicyclic) bond motifs is 1. The highest BCUT2D eigenvalue weighted by Crippen LogP contribution is 2.40. The molecule has 1 fully saturated rings. The molecule has 8 heteroatoms. The van der Waals surface area contributed by atoms with Gasteiger partial charge in [0.05, 0.1) is 22.3 Å². The van der Waals surface area contributed by atoms with Crippen LogP contribution in [0, 0.1) is 11.3 Å². The van der Waals surface area contributed by atoms with Gasteiger partial charge in [0.2, 0.25) is 0 Å². The molecule has 0 spiro atoms. The van der Waals surface area contributed by atoms with Crippen molar-refractivity contribution in [2.45, 2.75) is 38.5 Å². The number of hydrogen-bond acceptors (Lipinski definition) is 4. The summed E-state index contributed by atoms with van der Waals surface area (Å²) in [5, 5.41) is 19.6. The van der Waals surface area contributed by atoms with Crippen LogP contribution in [0.25, 0.3) is 11.0 Å². The maximum absolute atomic E-state index is 13.4. The Morgan fingerprint density at radius 1 is 1.50 bits per heavy atom. The number of anilines is 1. The third-order valence-electron chi connectivity index (χ3n) is 4.32. The maximum atomic E-state index is 13.4. The second-order valence-electron chi connectivity index (χ2n) is 6.37. The Morgan fingerprint density at radius 2 is 2.21 bits per heavy atom. The van der Waals surface area contributed by atoms with E-state index >= 15 is 0 Å². The van der Waals surface area contributed by atoms with Crippen LogP contribution in [0.2, 0.25) is 0 Å². The number of aryl methyl sites for hydroxylation is 1. The molecule has 0 radical (unpaired) electrons. The fraction of sp³-hybridized carbons (Fsp3) is 0.500. The highest BCUT2D eigenvalue weighted by atomic mass is 19.4. The van der Waals surface area contributed by atoms with Gasteiger partial charge in [-0.3, -0.25) is 0 Å². The van der Waals surface area contributed by atoms with Crippen LogP contribution >= 0.6 is 0 Å². The number of alkyl halides is 3. The van der Waals surface area contributed by atoms with Crippen molar-refractivity contribution in [1.29, 1.82) is 5.26 Å². The lowest BCUT2D eigenvalue weighted by Gasteiger charge is -2.24. The van der Waals surface area contributed by atoms with Gasteiger partial charge in [-0.1, -0.05) is 6.92 Å². The molecule has 0 unspecified atom stereocenters. The number of aromatic amines is 1. The molecular weight excluding hydrogens is 321 g/mol. The SMILES string of the molecule is CCc1cc2nc(C(F)(F)F)c(C#N)c(N3CC[C@](C)(O)C3)c2[nH]1. The number of aromatic nitrogens is 2. The van der Waals surface area contributed by atoms with Crippen molar-refractivity contribution >= 4 is 16.7 Å². The average Bonchev–Trinajstić information content (AvgIpc) is 3.06. The van der Waals surface area contributed by atoms with Gasteiger partial charge in [0, 0.05) is 18.8 Å². The third-order valence-corrected chi connectivity index (χ3v) is 4.32. The zero-order chi connectivity index (χ0) is 17.7. The summed E-state index contributed by atoms with van der Waals surface area (Å²) in [5.74, 6) is 0. The first-order valence-electron chi connectivity index (χ1n) is 7.66. The topological polar surface area (TPSA) is 75.9 Å². The van der Waals surface area contributed by atoms with Gasteiger partial charge in [0.15, 0.2) is 5.69 Å². The molecule has 0 saturated carbocycles. The van der Waals surface area contributed by atoms with Crippen LogP contribution in [0.4, 0.5) is 18.9 Å². The van der Waals surface area contributed by atoms with Gasteiger partial charge in [0.25, 0.3) is 0 Å². The molecule has 1 aliphatic rings. The van der Waals surface area contributed by atoms with E-state index in [1.807, 2.05) is 6.92 Å². The van der Waals surface area contributed by atoms with Crippen molar-refractivity contribution in [1.82, 2.24) is 9.97 Å². The van der Waals surface area contributed by atoms with Crippen LogP contribution in [0.1, 0.15) is 37.2 Å². The molecule has 1 saturated heterocycles. The summed E-state index contributed by atoms with van der Waals surface area (Å²) in [4.78, 5) is 8.39. The minimum atomic E-state index is -4.72. The first-order chi connectivity index (χ1) is 11.2. The minimum absolute atomic E-state index is 0.165. The Kier molecular flexibility index (Phi) is 3.72. The van der Waals surface area contributed by atoms with Crippen LogP contribution in [-0.2, 0) is 12.6 Å². The van der Waals surface area contributed by atoms with Crippen LogP contribution in [-0.4, -0.2) is 33.8 Å². The zero-order valence-corrected chi connectivity index (χ0v) is 13.3. The molecule has 24 heavy (non-hydrogen) atoms. The molecule has 5 nitrogen and oxygen atoms in total. The minimum Gasteiger partial charge on any atom is -0.388 e. The summed E-state index contributed by atoms with van der Waals surface area (Å²) < 4.78 is 40.1. The van der Waals surface area contributed by atoms with E-state index in [4.69, 9.17) is 0 Å². The third kappa shape index (κ3) is 2.69. The quantitative estimate of drug-likeness (QED) is 0.883.